The van der Waals surface area contributed by atoms with Crippen molar-refractivity contribution in [1.29, 1.82) is 0 Å². The van der Waals surface area contributed by atoms with Crippen molar-refractivity contribution in [3.63, 3.8) is 0 Å². The highest BCUT2D eigenvalue weighted by Crippen LogP contribution is 2.19. The fraction of sp³-hybridized carbons (Fsp3) is 0.350. The van der Waals surface area contributed by atoms with Crippen LogP contribution in [0.25, 0.3) is 0 Å². The number of amides is 2. The lowest BCUT2D eigenvalue weighted by Gasteiger charge is -2.33. The van der Waals surface area contributed by atoms with E-state index in [4.69, 9.17) is 4.74 Å². The van der Waals surface area contributed by atoms with Crippen molar-refractivity contribution in [3.8, 4) is 11.5 Å². The zero-order valence-electron chi connectivity index (χ0n) is 15.2. The predicted octanol–water partition coefficient (Wildman–Crippen LogP) is 1.98. The Morgan fingerprint density at radius 1 is 1.22 bits per heavy atom. The third-order valence-electron chi connectivity index (χ3n) is 4.56. The molecule has 1 unspecified atom stereocenters. The number of phenols is 1. The number of pyridine rings is 1. The van der Waals surface area contributed by atoms with Crippen LogP contribution in [0.15, 0.2) is 48.8 Å². The molecule has 7 heteroatoms. The highest BCUT2D eigenvalue weighted by Gasteiger charge is 2.27. The molecule has 2 N–H and O–H groups in total. The lowest BCUT2D eigenvalue weighted by atomic mass is 10.0. The molecule has 0 spiro atoms. The molecule has 0 aliphatic carbocycles. The first-order valence-corrected chi connectivity index (χ1v) is 8.98. The summed E-state index contributed by atoms with van der Waals surface area (Å²) in [5.74, 6) is 0.459. The van der Waals surface area contributed by atoms with E-state index in [-0.39, 0.29) is 23.6 Å². The zero-order valence-corrected chi connectivity index (χ0v) is 15.2. The molecule has 2 amide bonds. The number of phenolic OH excluding ortho intramolecular Hbond substituents is 1. The van der Waals surface area contributed by atoms with Crippen LogP contribution in [0.3, 0.4) is 0 Å². The molecule has 1 saturated heterocycles. The van der Waals surface area contributed by atoms with Crippen LogP contribution in [-0.2, 0) is 4.79 Å². The van der Waals surface area contributed by atoms with Crippen LogP contribution in [0, 0.1) is 0 Å². The van der Waals surface area contributed by atoms with E-state index in [9.17, 15) is 14.7 Å². The van der Waals surface area contributed by atoms with Crippen LogP contribution in [0.4, 0.5) is 0 Å². The lowest BCUT2D eigenvalue weighted by Crippen LogP contribution is -2.49. The molecule has 0 saturated carbocycles. The summed E-state index contributed by atoms with van der Waals surface area (Å²) in [5.41, 5.74) is 0.534. The van der Waals surface area contributed by atoms with Gasteiger partial charge in [-0.2, -0.15) is 0 Å². The zero-order chi connectivity index (χ0) is 19.2. The van der Waals surface area contributed by atoms with Gasteiger partial charge in [-0.1, -0.05) is 0 Å². The van der Waals surface area contributed by atoms with Crippen molar-refractivity contribution >= 4 is 11.8 Å². The normalized spacial score (nSPS) is 15.8. The first-order chi connectivity index (χ1) is 13.0. The molecule has 0 bridgehead atoms. The number of carbonyl (C=O) groups excluding carboxylic acids is 2. The fourth-order valence-corrected chi connectivity index (χ4v) is 3.05. The molecule has 1 aromatic carbocycles. The second-order valence-electron chi connectivity index (χ2n) is 6.57. The van der Waals surface area contributed by atoms with E-state index in [1.807, 2.05) is 0 Å². The Labute approximate surface area is 158 Å². The van der Waals surface area contributed by atoms with Gasteiger partial charge in [0.2, 0.25) is 0 Å². The summed E-state index contributed by atoms with van der Waals surface area (Å²) in [5, 5.41) is 12.3. The number of benzene rings is 1. The molecule has 27 heavy (non-hydrogen) atoms. The molecule has 7 nitrogen and oxygen atoms in total. The smallest absolute Gasteiger partial charge is 0.263 e. The van der Waals surface area contributed by atoms with Gasteiger partial charge in [-0.15, -0.1) is 0 Å². The summed E-state index contributed by atoms with van der Waals surface area (Å²) in [6.07, 6.45) is 3.95. The topological polar surface area (TPSA) is 91.8 Å². The molecule has 1 atom stereocenters. The minimum atomic E-state index is -0.615. The molecule has 3 rings (SSSR count). The van der Waals surface area contributed by atoms with Crippen molar-refractivity contribution in [3.05, 3.63) is 54.4 Å². The van der Waals surface area contributed by atoms with Crippen molar-refractivity contribution in [2.45, 2.75) is 31.9 Å². The Morgan fingerprint density at radius 2 is 1.93 bits per heavy atom. The lowest BCUT2D eigenvalue weighted by molar-refractivity contribution is -0.139. The van der Waals surface area contributed by atoms with E-state index in [1.54, 1.807) is 42.3 Å². The van der Waals surface area contributed by atoms with Gasteiger partial charge in [0.15, 0.2) is 6.10 Å². The second-order valence-corrected chi connectivity index (χ2v) is 6.57. The number of nitrogens with zero attached hydrogens (tertiary/aromatic N) is 2. The Bertz CT molecular complexity index is 772. The summed E-state index contributed by atoms with van der Waals surface area (Å²) >= 11 is 0. The molecular formula is C20H23N3O4. The van der Waals surface area contributed by atoms with Gasteiger partial charge in [0.1, 0.15) is 11.5 Å². The first-order valence-electron chi connectivity index (χ1n) is 8.98. The minimum Gasteiger partial charge on any atom is -0.508 e. The maximum absolute atomic E-state index is 12.6. The van der Waals surface area contributed by atoms with Crippen molar-refractivity contribution in [2.75, 3.05) is 13.1 Å². The number of aromatic nitrogens is 1. The van der Waals surface area contributed by atoms with Crippen LogP contribution in [0.5, 0.6) is 11.5 Å². The number of nitrogens with one attached hydrogen (secondary N) is 1. The van der Waals surface area contributed by atoms with Gasteiger partial charge in [-0.05, 0) is 56.2 Å². The molecule has 1 aliphatic heterocycles. The van der Waals surface area contributed by atoms with Crippen LogP contribution in [0.1, 0.15) is 30.1 Å². The molecule has 2 aromatic rings. The number of carbonyl (C=O) groups is 2. The Hall–Kier alpha value is -3.09. The molecule has 1 fully saturated rings. The highest BCUT2D eigenvalue weighted by atomic mass is 16.5. The monoisotopic (exact) mass is 369 g/mol. The molecule has 1 aliphatic rings. The summed E-state index contributed by atoms with van der Waals surface area (Å²) in [6, 6.07) is 9.77. The summed E-state index contributed by atoms with van der Waals surface area (Å²) in [4.78, 5) is 30.5. The van der Waals surface area contributed by atoms with Crippen molar-refractivity contribution in [1.82, 2.24) is 15.2 Å². The van der Waals surface area contributed by atoms with E-state index in [1.165, 1.54) is 18.3 Å². The average Bonchev–Trinajstić information content (AvgIpc) is 2.70. The van der Waals surface area contributed by atoms with Crippen LogP contribution in [0.2, 0.25) is 0 Å². The number of hydrogen-bond donors (Lipinski definition) is 2. The standard InChI is InChI=1S/C20H23N3O4/c1-14(27-18-6-4-17(24)5-7-18)20(26)23-11-8-16(9-12-23)22-19(25)15-3-2-10-21-13-15/h2-7,10,13-14,16,24H,8-9,11-12H2,1H3,(H,22,25). The van der Waals surface area contributed by atoms with E-state index >= 15 is 0 Å². The van der Waals surface area contributed by atoms with Crippen LogP contribution >= 0.6 is 0 Å². The minimum absolute atomic E-state index is 0.0371. The van der Waals surface area contributed by atoms with E-state index < -0.39 is 6.10 Å². The Balaban J connectivity index is 1.47. The predicted molar refractivity (Wildman–Crippen MR) is 99.5 cm³/mol. The average molecular weight is 369 g/mol. The Morgan fingerprint density at radius 3 is 2.56 bits per heavy atom. The molecule has 2 heterocycles. The third kappa shape index (κ3) is 4.97. The number of rotatable bonds is 5. The second kappa shape index (κ2) is 8.53. The van der Waals surface area contributed by atoms with E-state index in [2.05, 4.69) is 10.3 Å². The largest absolute Gasteiger partial charge is 0.508 e. The summed E-state index contributed by atoms with van der Waals surface area (Å²) in [7, 11) is 0. The van der Waals surface area contributed by atoms with Crippen LogP contribution in [-0.4, -0.2) is 52.0 Å². The van der Waals surface area contributed by atoms with Gasteiger partial charge in [0.25, 0.3) is 11.8 Å². The van der Waals surface area contributed by atoms with Gasteiger partial charge in [0.05, 0.1) is 5.56 Å². The maximum atomic E-state index is 12.6. The van der Waals surface area contributed by atoms with Crippen molar-refractivity contribution in [2.24, 2.45) is 0 Å². The number of aromatic hydroxyl groups is 1. The quantitative estimate of drug-likeness (QED) is 0.841. The SMILES string of the molecule is CC(Oc1ccc(O)cc1)C(=O)N1CCC(NC(=O)c2cccnc2)CC1. The van der Waals surface area contributed by atoms with Gasteiger partial charge < -0.3 is 20.1 Å². The van der Waals surface area contributed by atoms with Crippen molar-refractivity contribution < 1.29 is 19.4 Å². The van der Waals surface area contributed by atoms with Gasteiger partial charge in [-0.25, -0.2) is 0 Å². The number of piperidine rings is 1. The van der Waals surface area contributed by atoms with E-state index in [0.717, 1.165) is 0 Å². The van der Waals surface area contributed by atoms with Gasteiger partial charge in [0, 0.05) is 31.5 Å². The summed E-state index contributed by atoms with van der Waals surface area (Å²) < 4.78 is 5.65. The molecule has 1 aromatic heterocycles. The van der Waals surface area contributed by atoms with Crippen LogP contribution < -0.4 is 10.1 Å². The van der Waals surface area contributed by atoms with Gasteiger partial charge in [-0.3, -0.25) is 14.6 Å². The van der Waals surface area contributed by atoms with Gasteiger partial charge >= 0.3 is 0 Å². The highest BCUT2D eigenvalue weighted by molar-refractivity contribution is 5.94. The Kier molecular flexibility index (Phi) is 5.90. The first kappa shape index (κ1) is 18.7. The number of ether oxygens (including phenoxy) is 1. The third-order valence-corrected chi connectivity index (χ3v) is 4.56. The number of hydrogen-bond acceptors (Lipinski definition) is 5. The summed E-state index contributed by atoms with van der Waals surface area (Å²) in [6.45, 7) is 2.85. The fourth-order valence-electron chi connectivity index (χ4n) is 3.05. The number of likely N-dealkylation sites (tertiary alicyclic amines) is 1. The molecule has 142 valence electrons. The maximum Gasteiger partial charge on any atom is 0.263 e. The molecule has 0 radical (unpaired) electrons. The molecular weight excluding hydrogens is 346 g/mol. The van der Waals surface area contributed by atoms with E-state index in [0.29, 0.717) is 37.2 Å².